The normalized spacial score (nSPS) is 29.4. The van der Waals surface area contributed by atoms with Crippen LogP contribution in [0.15, 0.2) is 0 Å². The Hall–Kier alpha value is -1.39. The van der Waals surface area contributed by atoms with Gasteiger partial charge in [0, 0.05) is 6.04 Å². The molecule has 3 rings (SSSR count). The van der Waals surface area contributed by atoms with Crippen molar-refractivity contribution in [3.05, 3.63) is 0 Å². The zero-order chi connectivity index (χ0) is 9.92. The predicted octanol–water partition coefficient (Wildman–Crippen LogP) is 0.00740. The van der Waals surface area contributed by atoms with Gasteiger partial charge in [-0.2, -0.15) is 0 Å². The summed E-state index contributed by atoms with van der Waals surface area (Å²) in [6, 6.07) is -0.479. The number of nitrogens with one attached hydrogen (secondary N) is 1. The number of carbonyl (C=O) groups is 3. The van der Waals surface area contributed by atoms with Gasteiger partial charge >= 0.3 is 6.03 Å². The van der Waals surface area contributed by atoms with E-state index in [0.717, 1.165) is 12.8 Å². The summed E-state index contributed by atoms with van der Waals surface area (Å²) in [6.45, 7) is 0. The maximum absolute atomic E-state index is 11.9. The van der Waals surface area contributed by atoms with E-state index in [4.69, 9.17) is 0 Å². The van der Waals surface area contributed by atoms with Crippen LogP contribution in [0.2, 0.25) is 0 Å². The first-order chi connectivity index (χ1) is 6.65. The van der Waals surface area contributed by atoms with Gasteiger partial charge in [0.25, 0.3) is 0 Å². The van der Waals surface area contributed by atoms with Crippen LogP contribution in [0.1, 0.15) is 25.7 Å². The average Bonchev–Trinajstić information content (AvgIpc) is 2.99. The van der Waals surface area contributed by atoms with E-state index in [-0.39, 0.29) is 11.9 Å². The molecule has 1 saturated heterocycles. The topological polar surface area (TPSA) is 66.5 Å². The number of rotatable bonds is 1. The highest BCUT2D eigenvalue weighted by atomic mass is 16.2. The molecule has 1 aliphatic heterocycles. The minimum atomic E-state index is -0.865. The van der Waals surface area contributed by atoms with Gasteiger partial charge in [-0.25, -0.2) is 4.79 Å². The molecule has 0 unspecified atom stereocenters. The van der Waals surface area contributed by atoms with Crippen LogP contribution in [0.4, 0.5) is 4.79 Å². The lowest BCUT2D eigenvalue weighted by Crippen LogP contribution is -2.59. The van der Waals surface area contributed by atoms with Crippen LogP contribution in [0.3, 0.4) is 0 Å². The maximum atomic E-state index is 11.9. The van der Waals surface area contributed by atoms with Crippen LogP contribution in [0.5, 0.6) is 0 Å². The van der Waals surface area contributed by atoms with Gasteiger partial charge in [0.15, 0.2) is 0 Å². The summed E-state index contributed by atoms with van der Waals surface area (Å²) in [5.41, 5.74) is -0.865. The summed E-state index contributed by atoms with van der Waals surface area (Å²) in [5.74, 6) is -0.668. The van der Waals surface area contributed by atoms with Crippen molar-refractivity contribution < 1.29 is 14.4 Å². The van der Waals surface area contributed by atoms with Gasteiger partial charge in [-0.05, 0) is 25.7 Å². The maximum Gasteiger partial charge on any atom is 0.331 e. The van der Waals surface area contributed by atoms with Crippen molar-refractivity contribution in [3.63, 3.8) is 0 Å². The highest BCUT2D eigenvalue weighted by Gasteiger charge is 2.63. The first kappa shape index (κ1) is 7.96. The minimum absolute atomic E-state index is 0.0491. The molecular formula is C9H10N2O3. The molecule has 1 N–H and O–H groups in total. The van der Waals surface area contributed by atoms with E-state index in [1.54, 1.807) is 0 Å². The molecule has 4 amide bonds. The molecule has 0 aromatic rings. The number of hydrogen-bond acceptors (Lipinski definition) is 3. The molecule has 74 valence electrons. The van der Waals surface area contributed by atoms with Crippen molar-refractivity contribution in [1.29, 1.82) is 0 Å². The van der Waals surface area contributed by atoms with Crippen LogP contribution in [0, 0.1) is 5.41 Å². The van der Waals surface area contributed by atoms with E-state index in [2.05, 4.69) is 5.32 Å². The lowest BCUT2D eigenvalue weighted by atomic mass is 10.0. The second-order valence-electron chi connectivity index (χ2n) is 4.25. The van der Waals surface area contributed by atoms with Crippen molar-refractivity contribution >= 4 is 17.8 Å². The van der Waals surface area contributed by atoms with E-state index in [9.17, 15) is 14.4 Å². The monoisotopic (exact) mass is 194 g/mol. The van der Waals surface area contributed by atoms with Crippen LogP contribution in [-0.2, 0) is 9.59 Å². The lowest BCUT2D eigenvalue weighted by molar-refractivity contribution is -0.144. The Morgan fingerprint density at radius 3 is 2.36 bits per heavy atom. The minimum Gasteiger partial charge on any atom is -0.277 e. The number of imide groups is 2. The summed E-state index contributed by atoms with van der Waals surface area (Å²) in [4.78, 5) is 35.9. The van der Waals surface area contributed by atoms with Gasteiger partial charge in [-0.15, -0.1) is 0 Å². The van der Waals surface area contributed by atoms with Crippen LogP contribution >= 0.6 is 0 Å². The fourth-order valence-corrected chi connectivity index (χ4v) is 1.93. The Morgan fingerprint density at radius 1 is 1.21 bits per heavy atom. The second-order valence-corrected chi connectivity index (χ2v) is 4.25. The molecule has 5 nitrogen and oxygen atoms in total. The van der Waals surface area contributed by atoms with Crippen LogP contribution in [-0.4, -0.2) is 28.8 Å². The molecule has 2 aliphatic carbocycles. The van der Waals surface area contributed by atoms with Gasteiger partial charge < -0.3 is 0 Å². The molecular weight excluding hydrogens is 184 g/mol. The third-order valence-electron chi connectivity index (χ3n) is 3.16. The van der Waals surface area contributed by atoms with Crippen molar-refractivity contribution in [2.75, 3.05) is 0 Å². The summed E-state index contributed by atoms with van der Waals surface area (Å²) >= 11 is 0. The third-order valence-corrected chi connectivity index (χ3v) is 3.16. The number of amides is 4. The fourth-order valence-electron chi connectivity index (χ4n) is 1.93. The molecule has 1 spiro atoms. The predicted molar refractivity (Wildman–Crippen MR) is 45.1 cm³/mol. The van der Waals surface area contributed by atoms with E-state index < -0.39 is 17.4 Å². The summed E-state index contributed by atoms with van der Waals surface area (Å²) in [5, 5.41) is 2.26. The van der Waals surface area contributed by atoms with Gasteiger partial charge in [-0.3, -0.25) is 19.8 Å². The zero-order valence-corrected chi connectivity index (χ0v) is 7.58. The van der Waals surface area contributed by atoms with Gasteiger partial charge in [-0.1, -0.05) is 0 Å². The Balaban J connectivity index is 1.95. The molecule has 0 radical (unpaired) electrons. The SMILES string of the molecule is O=C1NC(=O)C2(CC2)C(=O)N1C1CC1. The lowest BCUT2D eigenvalue weighted by Gasteiger charge is -2.30. The molecule has 0 atom stereocenters. The first-order valence-corrected chi connectivity index (χ1v) is 4.84. The van der Waals surface area contributed by atoms with Crippen molar-refractivity contribution in [3.8, 4) is 0 Å². The van der Waals surface area contributed by atoms with Crippen molar-refractivity contribution in [1.82, 2.24) is 10.2 Å². The number of hydrogen-bond donors (Lipinski definition) is 1. The Kier molecular flexibility index (Phi) is 1.23. The standard InChI is InChI=1S/C9H10N2O3/c12-6-9(3-4-9)7(13)11(5-1-2-5)8(14)10-6/h5H,1-4H2,(H,10,12,14). The van der Waals surface area contributed by atoms with E-state index >= 15 is 0 Å². The summed E-state index contributed by atoms with van der Waals surface area (Å²) < 4.78 is 0. The third kappa shape index (κ3) is 0.818. The molecule has 0 aromatic heterocycles. The average molecular weight is 194 g/mol. The summed E-state index contributed by atoms with van der Waals surface area (Å²) in [7, 11) is 0. The Labute approximate surface area is 80.4 Å². The first-order valence-electron chi connectivity index (χ1n) is 4.84. The molecule has 3 fully saturated rings. The number of nitrogens with zero attached hydrogens (tertiary/aromatic N) is 1. The van der Waals surface area contributed by atoms with Crippen molar-refractivity contribution in [2.24, 2.45) is 5.41 Å². The van der Waals surface area contributed by atoms with E-state index in [1.165, 1.54) is 4.90 Å². The zero-order valence-electron chi connectivity index (χ0n) is 7.58. The molecule has 5 heteroatoms. The second kappa shape index (κ2) is 2.16. The quantitative estimate of drug-likeness (QED) is 0.598. The Bertz CT molecular complexity index is 355. The number of barbiturate groups is 1. The smallest absolute Gasteiger partial charge is 0.277 e. The molecule has 2 saturated carbocycles. The summed E-state index contributed by atoms with van der Waals surface area (Å²) in [6.07, 6.45) is 2.94. The molecule has 3 aliphatic rings. The van der Waals surface area contributed by atoms with Gasteiger partial charge in [0.05, 0.1) is 0 Å². The van der Waals surface area contributed by atoms with Gasteiger partial charge in [0.2, 0.25) is 11.8 Å². The van der Waals surface area contributed by atoms with E-state index in [1.807, 2.05) is 0 Å². The van der Waals surface area contributed by atoms with Crippen LogP contribution < -0.4 is 5.32 Å². The Morgan fingerprint density at radius 2 is 1.86 bits per heavy atom. The van der Waals surface area contributed by atoms with Gasteiger partial charge in [0.1, 0.15) is 5.41 Å². The van der Waals surface area contributed by atoms with Crippen molar-refractivity contribution in [2.45, 2.75) is 31.7 Å². The highest BCUT2D eigenvalue weighted by molar-refractivity contribution is 6.21. The van der Waals surface area contributed by atoms with E-state index in [0.29, 0.717) is 12.8 Å². The number of urea groups is 1. The molecule has 14 heavy (non-hydrogen) atoms. The molecule has 1 heterocycles. The molecule has 0 aromatic carbocycles. The fraction of sp³-hybridized carbons (Fsp3) is 0.667. The van der Waals surface area contributed by atoms with Crippen LogP contribution in [0.25, 0.3) is 0 Å². The molecule has 0 bridgehead atoms. The highest BCUT2D eigenvalue weighted by Crippen LogP contribution is 2.50. The number of carbonyl (C=O) groups excluding carboxylic acids is 3. The largest absolute Gasteiger partial charge is 0.331 e.